The summed E-state index contributed by atoms with van der Waals surface area (Å²) >= 11 is 0. The van der Waals surface area contributed by atoms with Crippen molar-refractivity contribution in [3.63, 3.8) is 0 Å². The van der Waals surface area contributed by atoms with Crippen LogP contribution < -0.4 is 0 Å². The summed E-state index contributed by atoms with van der Waals surface area (Å²) in [5.74, 6) is -1.47. The molecule has 0 aliphatic rings. The van der Waals surface area contributed by atoms with Crippen LogP contribution >= 0.6 is 0 Å². The molecule has 0 saturated carbocycles. The minimum absolute atomic E-state index is 0.0671. The van der Waals surface area contributed by atoms with E-state index in [0.717, 1.165) is 0 Å². The van der Waals surface area contributed by atoms with Gasteiger partial charge in [0.05, 0.1) is 19.4 Å². The van der Waals surface area contributed by atoms with Gasteiger partial charge in [-0.2, -0.15) is 0 Å². The third-order valence-corrected chi connectivity index (χ3v) is 1.30. The van der Waals surface area contributed by atoms with Crippen LogP contribution in [0.3, 0.4) is 0 Å². The third kappa shape index (κ3) is 8.81. The van der Waals surface area contributed by atoms with Gasteiger partial charge in [-0.15, -0.1) is 0 Å². The van der Waals surface area contributed by atoms with Crippen molar-refractivity contribution in [1.29, 1.82) is 0 Å². The van der Waals surface area contributed by atoms with E-state index in [-0.39, 0.29) is 19.4 Å². The summed E-state index contributed by atoms with van der Waals surface area (Å²) in [5.41, 5.74) is 0. The van der Waals surface area contributed by atoms with Gasteiger partial charge in [0.25, 0.3) is 0 Å². The predicted octanol–water partition coefficient (Wildman–Crippen LogP) is 0.431. The maximum Gasteiger partial charge on any atom is 0.306 e. The number of hydrogen-bond donors (Lipinski definition) is 1. The first-order chi connectivity index (χ1) is 6.16. The summed E-state index contributed by atoms with van der Waals surface area (Å²) in [5, 5.41) is 8.24. The van der Waals surface area contributed by atoms with Crippen molar-refractivity contribution in [3.8, 4) is 0 Å². The summed E-state index contributed by atoms with van der Waals surface area (Å²) in [6, 6.07) is 0. The molecule has 0 amide bonds. The van der Waals surface area contributed by atoms with E-state index in [9.17, 15) is 9.59 Å². The van der Waals surface area contributed by atoms with E-state index < -0.39 is 11.9 Å². The molecule has 0 rings (SSSR count). The number of carboxylic acids is 1. The molecule has 13 heavy (non-hydrogen) atoms. The Morgan fingerprint density at radius 3 is 2.46 bits per heavy atom. The van der Waals surface area contributed by atoms with Gasteiger partial charge in [0.2, 0.25) is 0 Å². The molecule has 0 fully saturated rings. The van der Waals surface area contributed by atoms with E-state index in [1.165, 1.54) is 0 Å². The largest absolute Gasteiger partial charge is 0.481 e. The van der Waals surface area contributed by atoms with Gasteiger partial charge >= 0.3 is 11.9 Å². The van der Waals surface area contributed by atoms with Crippen LogP contribution in [0.2, 0.25) is 0 Å². The maximum absolute atomic E-state index is 10.8. The number of rotatable bonds is 7. The fourth-order valence-corrected chi connectivity index (χ4v) is 0.670. The minimum atomic E-state index is -0.992. The van der Waals surface area contributed by atoms with E-state index in [0.29, 0.717) is 13.0 Å². The SMILES string of the molecule is COCCCOC(=O)CCC(=O)O. The molecule has 0 aromatic heterocycles. The number of carboxylic acid groups (broad SMARTS) is 1. The van der Waals surface area contributed by atoms with Crippen molar-refractivity contribution < 1.29 is 24.2 Å². The highest BCUT2D eigenvalue weighted by Gasteiger charge is 2.05. The zero-order valence-electron chi connectivity index (χ0n) is 7.62. The minimum Gasteiger partial charge on any atom is -0.481 e. The summed E-state index contributed by atoms with van der Waals surface area (Å²) in [6.45, 7) is 0.818. The number of aliphatic carboxylic acids is 1. The summed E-state index contributed by atoms with van der Waals surface area (Å²) < 4.78 is 9.45. The lowest BCUT2D eigenvalue weighted by atomic mass is 10.3. The Morgan fingerprint density at radius 2 is 1.92 bits per heavy atom. The fraction of sp³-hybridized carbons (Fsp3) is 0.750. The number of methoxy groups -OCH3 is 1. The molecular weight excluding hydrogens is 176 g/mol. The standard InChI is InChI=1S/C8H14O5/c1-12-5-2-6-13-8(11)4-3-7(9)10/h2-6H2,1H3,(H,9,10). The molecule has 0 aliphatic heterocycles. The lowest BCUT2D eigenvalue weighted by Crippen LogP contribution is -2.09. The molecule has 0 bridgehead atoms. The molecule has 5 nitrogen and oxygen atoms in total. The molecule has 0 aromatic rings. The highest BCUT2D eigenvalue weighted by molar-refractivity contribution is 5.76. The second-order valence-electron chi connectivity index (χ2n) is 2.46. The van der Waals surface area contributed by atoms with Crippen molar-refractivity contribution in [1.82, 2.24) is 0 Å². The van der Waals surface area contributed by atoms with E-state index >= 15 is 0 Å². The average Bonchev–Trinajstić information content (AvgIpc) is 2.09. The van der Waals surface area contributed by atoms with Crippen LogP contribution in [0.4, 0.5) is 0 Å². The van der Waals surface area contributed by atoms with Gasteiger partial charge in [-0.05, 0) is 0 Å². The average molecular weight is 190 g/mol. The summed E-state index contributed by atoms with van der Waals surface area (Å²) in [6.07, 6.45) is 0.390. The topological polar surface area (TPSA) is 72.8 Å². The zero-order chi connectivity index (χ0) is 10.1. The van der Waals surface area contributed by atoms with Crippen LogP contribution in [0.25, 0.3) is 0 Å². The number of esters is 1. The predicted molar refractivity (Wildman–Crippen MR) is 44.3 cm³/mol. The highest BCUT2D eigenvalue weighted by Crippen LogP contribution is 1.93. The Hall–Kier alpha value is -1.10. The third-order valence-electron chi connectivity index (χ3n) is 1.30. The van der Waals surface area contributed by atoms with E-state index in [1.807, 2.05) is 0 Å². The summed E-state index contributed by atoms with van der Waals surface area (Å²) in [7, 11) is 1.56. The van der Waals surface area contributed by atoms with Crippen LogP contribution in [0.15, 0.2) is 0 Å². The molecule has 0 unspecified atom stereocenters. The van der Waals surface area contributed by atoms with Gasteiger partial charge in [-0.3, -0.25) is 9.59 Å². The highest BCUT2D eigenvalue weighted by atomic mass is 16.5. The molecule has 0 radical (unpaired) electrons. The number of carbonyl (C=O) groups excluding carboxylic acids is 1. The Bertz CT molecular complexity index is 166. The second-order valence-corrected chi connectivity index (χ2v) is 2.46. The molecular formula is C8H14O5. The Morgan fingerprint density at radius 1 is 1.23 bits per heavy atom. The van der Waals surface area contributed by atoms with Crippen molar-refractivity contribution in [2.24, 2.45) is 0 Å². The normalized spacial score (nSPS) is 9.62. The number of carbonyl (C=O) groups is 2. The summed E-state index contributed by atoms with van der Waals surface area (Å²) in [4.78, 5) is 20.8. The second kappa shape index (κ2) is 7.54. The van der Waals surface area contributed by atoms with Gasteiger partial charge in [-0.1, -0.05) is 0 Å². The van der Waals surface area contributed by atoms with Gasteiger partial charge < -0.3 is 14.6 Å². The molecule has 0 spiro atoms. The van der Waals surface area contributed by atoms with Gasteiger partial charge in [0, 0.05) is 20.1 Å². The Kier molecular flexibility index (Phi) is 6.91. The lowest BCUT2D eigenvalue weighted by Gasteiger charge is -2.02. The van der Waals surface area contributed by atoms with Crippen molar-refractivity contribution in [2.45, 2.75) is 19.3 Å². The molecule has 0 atom stereocenters. The van der Waals surface area contributed by atoms with Crippen molar-refractivity contribution in [3.05, 3.63) is 0 Å². The fourth-order valence-electron chi connectivity index (χ4n) is 0.670. The molecule has 0 heterocycles. The zero-order valence-corrected chi connectivity index (χ0v) is 7.62. The quantitative estimate of drug-likeness (QED) is 0.465. The van der Waals surface area contributed by atoms with Crippen molar-refractivity contribution in [2.75, 3.05) is 20.3 Å². The first-order valence-corrected chi connectivity index (χ1v) is 4.03. The molecule has 0 saturated heterocycles. The van der Waals surface area contributed by atoms with E-state index in [4.69, 9.17) is 14.6 Å². The van der Waals surface area contributed by atoms with E-state index in [1.54, 1.807) is 7.11 Å². The lowest BCUT2D eigenvalue weighted by molar-refractivity contribution is -0.148. The van der Waals surface area contributed by atoms with Crippen LogP contribution in [0.5, 0.6) is 0 Å². The van der Waals surface area contributed by atoms with Crippen LogP contribution in [0.1, 0.15) is 19.3 Å². The van der Waals surface area contributed by atoms with Crippen LogP contribution in [-0.4, -0.2) is 37.4 Å². The first kappa shape index (κ1) is 11.9. The smallest absolute Gasteiger partial charge is 0.306 e. The number of hydrogen-bond acceptors (Lipinski definition) is 4. The molecule has 5 heteroatoms. The molecule has 0 aromatic carbocycles. The van der Waals surface area contributed by atoms with E-state index in [2.05, 4.69) is 0 Å². The Labute approximate surface area is 76.6 Å². The monoisotopic (exact) mass is 190 g/mol. The van der Waals surface area contributed by atoms with Crippen LogP contribution in [-0.2, 0) is 19.1 Å². The van der Waals surface area contributed by atoms with Gasteiger partial charge in [-0.25, -0.2) is 0 Å². The Balaban J connectivity index is 3.25. The molecule has 0 aliphatic carbocycles. The van der Waals surface area contributed by atoms with Gasteiger partial charge in [0.15, 0.2) is 0 Å². The maximum atomic E-state index is 10.8. The van der Waals surface area contributed by atoms with Crippen molar-refractivity contribution >= 4 is 11.9 Å². The molecule has 76 valence electrons. The van der Waals surface area contributed by atoms with Gasteiger partial charge in [0.1, 0.15) is 0 Å². The van der Waals surface area contributed by atoms with Crippen LogP contribution in [0, 0.1) is 0 Å². The molecule has 1 N–H and O–H groups in total. The first-order valence-electron chi connectivity index (χ1n) is 4.03. The number of ether oxygens (including phenoxy) is 2.